The van der Waals surface area contributed by atoms with Crippen LogP contribution < -0.4 is 9.80 Å². The molecule has 3 unspecified atom stereocenters. The largest absolute Gasteiger partial charge is 0.377 e. The zero-order valence-corrected chi connectivity index (χ0v) is 21.2. The topological polar surface area (TPSA) is 82.7 Å². The Labute approximate surface area is 211 Å². The second kappa shape index (κ2) is 8.71. The van der Waals surface area contributed by atoms with Gasteiger partial charge in [-0.15, -0.1) is 0 Å². The van der Waals surface area contributed by atoms with Crippen LogP contribution in [0.15, 0.2) is 24.5 Å². The molecule has 3 aromatic heterocycles. The fourth-order valence-corrected chi connectivity index (χ4v) is 6.34. The van der Waals surface area contributed by atoms with E-state index in [0.29, 0.717) is 25.3 Å². The fourth-order valence-electron chi connectivity index (χ4n) is 6.34. The number of fused-ring (bicyclic) bond motifs is 3. The zero-order chi connectivity index (χ0) is 24.3. The fraction of sp³-hybridized carbons (Fsp3) is 0.654. The Bertz CT molecular complexity index is 1230. The van der Waals surface area contributed by atoms with Crippen LogP contribution in [-0.2, 0) is 14.2 Å². The van der Waals surface area contributed by atoms with Crippen LogP contribution in [-0.4, -0.2) is 81.7 Å². The summed E-state index contributed by atoms with van der Waals surface area (Å²) in [5, 5.41) is 10.7. The Morgan fingerprint density at radius 1 is 1.00 bits per heavy atom. The molecule has 0 amide bonds. The molecule has 10 nitrogen and oxygen atoms in total. The smallest absolute Gasteiger partial charge is 0.177 e. The average molecular weight is 494 g/mol. The third-order valence-electron chi connectivity index (χ3n) is 8.21. The van der Waals surface area contributed by atoms with Gasteiger partial charge in [-0.05, 0) is 46.0 Å². The van der Waals surface area contributed by atoms with Crippen molar-refractivity contribution in [1.29, 1.82) is 0 Å². The highest BCUT2D eigenvalue weighted by atomic mass is 16.5. The molecule has 0 radical (unpaired) electrons. The SMILES string of the molecule is CC1(C)COCCN1c1cc(N2C3CCC2COC3)nc2c1cnn2-c1ccn(C2CCCCO2)n1. The molecule has 0 spiro atoms. The first-order valence-corrected chi connectivity index (χ1v) is 13.4. The van der Waals surface area contributed by atoms with Crippen LogP contribution in [0.1, 0.15) is 52.2 Å². The molecule has 4 aliphatic heterocycles. The van der Waals surface area contributed by atoms with Crippen molar-refractivity contribution in [3.63, 3.8) is 0 Å². The van der Waals surface area contributed by atoms with E-state index in [2.05, 4.69) is 29.7 Å². The molecule has 4 saturated heterocycles. The second-order valence-corrected chi connectivity index (χ2v) is 11.1. The number of nitrogens with zero attached hydrogens (tertiary/aromatic N) is 7. The van der Waals surface area contributed by atoms with E-state index >= 15 is 0 Å². The first kappa shape index (κ1) is 22.5. The molecule has 4 fully saturated rings. The van der Waals surface area contributed by atoms with Crippen molar-refractivity contribution in [2.75, 3.05) is 49.4 Å². The summed E-state index contributed by atoms with van der Waals surface area (Å²) in [5.74, 6) is 1.77. The predicted molar refractivity (Wildman–Crippen MR) is 136 cm³/mol. The predicted octanol–water partition coefficient (Wildman–Crippen LogP) is 3.30. The molecule has 36 heavy (non-hydrogen) atoms. The highest BCUT2D eigenvalue weighted by Gasteiger charge is 2.40. The van der Waals surface area contributed by atoms with Gasteiger partial charge in [0.05, 0.1) is 61.3 Å². The lowest BCUT2D eigenvalue weighted by molar-refractivity contribution is -0.0395. The van der Waals surface area contributed by atoms with Gasteiger partial charge in [0.1, 0.15) is 12.0 Å². The van der Waals surface area contributed by atoms with E-state index < -0.39 is 0 Å². The maximum absolute atomic E-state index is 5.95. The third kappa shape index (κ3) is 3.69. The third-order valence-corrected chi connectivity index (χ3v) is 8.21. The van der Waals surface area contributed by atoms with E-state index in [9.17, 15) is 0 Å². The minimum Gasteiger partial charge on any atom is -0.377 e. The highest BCUT2D eigenvalue weighted by molar-refractivity contribution is 5.92. The van der Waals surface area contributed by atoms with Crippen LogP contribution in [0.2, 0.25) is 0 Å². The van der Waals surface area contributed by atoms with Crippen LogP contribution in [0.3, 0.4) is 0 Å². The normalized spacial score (nSPS) is 28.2. The number of anilines is 2. The molecule has 0 N–H and O–H groups in total. The number of hydrogen-bond donors (Lipinski definition) is 0. The number of rotatable bonds is 4. The summed E-state index contributed by atoms with van der Waals surface area (Å²) in [5.41, 5.74) is 1.87. The van der Waals surface area contributed by atoms with Gasteiger partial charge in [-0.2, -0.15) is 14.9 Å². The molecule has 7 heterocycles. The summed E-state index contributed by atoms with van der Waals surface area (Å²) in [4.78, 5) is 10.2. The minimum atomic E-state index is -0.129. The van der Waals surface area contributed by atoms with E-state index in [1.165, 1.54) is 0 Å². The standard InChI is InChI=1S/C26H35N7O3/c1-26(2)17-34-12-10-30(26)21-13-23(32-18-6-7-19(32)16-35-15-18)28-25-20(21)14-27-33(25)22-8-9-31(29-22)24-5-3-4-11-36-24/h8-9,13-14,18-19,24H,3-7,10-12,15-17H2,1-2H3. The van der Waals surface area contributed by atoms with Crippen LogP contribution in [0.5, 0.6) is 0 Å². The van der Waals surface area contributed by atoms with E-state index in [1.54, 1.807) is 0 Å². The molecule has 0 aliphatic carbocycles. The van der Waals surface area contributed by atoms with E-state index in [-0.39, 0.29) is 11.8 Å². The number of aromatic nitrogens is 5. The van der Waals surface area contributed by atoms with Gasteiger partial charge in [0.25, 0.3) is 0 Å². The molecule has 4 aliphatic rings. The summed E-state index contributed by atoms with van der Waals surface area (Å²) in [7, 11) is 0. The van der Waals surface area contributed by atoms with Gasteiger partial charge in [0, 0.05) is 31.5 Å². The van der Waals surface area contributed by atoms with Gasteiger partial charge in [-0.1, -0.05) is 0 Å². The quantitative estimate of drug-likeness (QED) is 0.548. The van der Waals surface area contributed by atoms with Crippen LogP contribution in [0, 0.1) is 0 Å². The van der Waals surface area contributed by atoms with Crippen molar-refractivity contribution in [3.8, 4) is 5.82 Å². The monoisotopic (exact) mass is 493 g/mol. The molecule has 0 aromatic carbocycles. The maximum Gasteiger partial charge on any atom is 0.177 e. The Kier molecular flexibility index (Phi) is 5.44. The van der Waals surface area contributed by atoms with Crippen molar-refractivity contribution in [3.05, 3.63) is 24.5 Å². The molecule has 3 aromatic rings. The first-order valence-electron chi connectivity index (χ1n) is 13.4. The van der Waals surface area contributed by atoms with E-state index in [1.807, 2.05) is 27.8 Å². The highest BCUT2D eigenvalue weighted by Crippen LogP contribution is 2.40. The van der Waals surface area contributed by atoms with Gasteiger partial charge in [-0.25, -0.2) is 9.67 Å². The van der Waals surface area contributed by atoms with Gasteiger partial charge in [-0.3, -0.25) is 0 Å². The van der Waals surface area contributed by atoms with Crippen molar-refractivity contribution in [2.24, 2.45) is 0 Å². The molecular formula is C26H35N7O3. The Balaban J connectivity index is 1.35. The summed E-state index contributed by atoms with van der Waals surface area (Å²) in [6, 6.07) is 5.03. The number of hydrogen-bond acceptors (Lipinski definition) is 8. The lowest BCUT2D eigenvalue weighted by atomic mass is 10.0. The molecular weight excluding hydrogens is 458 g/mol. The summed E-state index contributed by atoms with van der Waals surface area (Å²) in [6.45, 7) is 9.04. The Morgan fingerprint density at radius 2 is 1.86 bits per heavy atom. The Morgan fingerprint density at radius 3 is 2.64 bits per heavy atom. The summed E-state index contributed by atoms with van der Waals surface area (Å²) >= 11 is 0. The van der Waals surface area contributed by atoms with Gasteiger partial charge in [0.15, 0.2) is 11.5 Å². The lowest BCUT2D eigenvalue weighted by Gasteiger charge is -2.44. The van der Waals surface area contributed by atoms with Crippen molar-refractivity contribution in [2.45, 2.75) is 69.8 Å². The van der Waals surface area contributed by atoms with E-state index in [0.717, 1.165) is 86.8 Å². The lowest BCUT2D eigenvalue weighted by Crippen LogP contribution is -2.53. The van der Waals surface area contributed by atoms with Crippen LogP contribution >= 0.6 is 0 Å². The van der Waals surface area contributed by atoms with E-state index in [4.69, 9.17) is 29.4 Å². The second-order valence-electron chi connectivity index (χ2n) is 11.1. The summed E-state index contributed by atoms with van der Waals surface area (Å²) in [6.07, 6.45) is 9.49. The van der Waals surface area contributed by atoms with Crippen LogP contribution in [0.4, 0.5) is 11.5 Å². The molecule has 7 rings (SSSR count). The zero-order valence-electron chi connectivity index (χ0n) is 21.2. The van der Waals surface area contributed by atoms with Gasteiger partial charge in [0.2, 0.25) is 0 Å². The van der Waals surface area contributed by atoms with Crippen molar-refractivity contribution >= 4 is 22.5 Å². The molecule has 192 valence electrons. The van der Waals surface area contributed by atoms with Gasteiger partial charge >= 0.3 is 0 Å². The number of ether oxygens (including phenoxy) is 3. The molecule has 10 heteroatoms. The number of pyridine rings is 1. The molecule has 3 atom stereocenters. The average Bonchev–Trinajstić information content (AvgIpc) is 3.60. The molecule has 2 bridgehead atoms. The maximum atomic E-state index is 5.95. The Hall–Kier alpha value is -2.69. The van der Waals surface area contributed by atoms with Gasteiger partial charge < -0.3 is 24.0 Å². The van der Waals surface area contributed by atoms with Crippen molar-refractivity contribution in [1.82, 2.24) is 24.5 Å². The van der Waals surface area contributed by atoms with Crippen LogP contribution in [0.25, 0.3) is 16.9 Å². The summed E-state index contributed by atoms with van der Waals surface area (Å²) < 4.78 is 21.5. The minimum absolute atomic E-state index is 0.00784. The van der Waals surface area contributed by atoms with Crippen molar-refractivity contribution < 1.29 is 14.2 Å². The first-order chi connectivity index (χ1) is 17.6. The molecule has 0 saturated carbocycles. The number of morpholine rings is 2.